The van der Waals surface area contributed by atoms with Crippen LogP contribution in [0, 0.1) is 6.92 Å². The fraction of sp³-hybridized carbons (Fsp3) is 0.409. The second-order valence-corrected chi connectivity index (χ2v) is 7.24. The highest BCUT2D eigenvalue weighted by Crippen LogP contribution is 2.16. The number of carbonyl (C=O) groups is 1. The molecule has 27 heavy (non-hydrogen) atoms. The highest BCUT2D eigenvalue weighted by Gasteiger charge is 2.22. The number of aryl methyl sites for hydroxylation is 1. The third-order valence-electron chi connectivity index (χ3n) is 5.27. The number of nitrogens with zero attached hydrogens (tertiary/aromatic N) is 1. The molecular formula is C22H29N3O2. The molecule has 1 aliphatic heterocycles. The zero-order chi connectivity index (χ0) is 19.1. The van der Waals surface area contributed by atoms with E-state index in [9.17, 15) is 9.90 Å². The molecule has 1 fully saturated rings. The van der Waals surface area contributed by atoms with Gasteiger partial charge in [-0.15, -0.1) is 0 Å². The summed E-state index contributed by atoms with van der Waals surface area (Å²) in [6.45, 7) is 4.94. The molecule has 1 unspecified atom stereocenters. The molecule has 5 heteroatoms. The van der Waals surface area contributed by atoms with Crippen LogP contribution in [0.4, 0.5) is 4.79 Å². The number of piperidine rings is 1. The summed E-state index contributed by atoms with van der Waals surface area (Å²) < 4.78 is 0. The maximum atomic E-state index is 12.3. The zero-order valence-electron chi connectivity index (χ0n) is 15.9. The first-order chi connectivity index (χ1) is 13.2. The molecule has 1 heterocycles. The van der Waals surface area contributed by atoms with Crippen molar-refractivity contribution in [2.75, 3.05) is 19.7 Å². The van der Waals surface area contributed by atoms with Gasteiger partial charge in [0.2, 0.25) is 0 Å². The van der Waals surface area contributed by atoms with Crippen LogP contribution in [0.15, 0.2) is 54.6 Å². The Labute approximate surface area is 161 Å². The molecule has 3 N–H and O–H groups in total. The molecule has 0 bridgehead atoms. The van der Waals surface area contributed by atoms with E-state index in [4.69, 9.17) is 0 Å². The van der Waals surface area contributed by atoms with Crippen molar-refractivity contribution in [1.82, 2.24) is 15.5 Å². The molecule has 1 saturated heterocycles. The fourth-order valence-corrected chi connectivity index (χ4v) is 3.57. The van der Waals surface area contributed by atoms with Gasteiger partial charge in [0.15, 0.2) is 0 Å². The van der Waals surface area contributed by atoms with Crippen molar-refractivity contribution in [3.8, 4) is 0 Å². The van der Waals surface area contributed by atoms with Gasteiger partial charge in [-0.1, -0.05) is 54.6 Å². The molecule has 144 valence electrons. The first-order valence-corrected chi connectivity index (χ1v) is 9.65. The number of aliphatic hydroxyl groups excluding tert-OH is 1. The number of aliphatic hydroxyl groups is 1. The summed E-state index contributed by atoms with van der Waals surface area (Å²) >= 11 is 0. The molecule has 0 radical (unpaired) electrons. The van der Waals surface area contributed by atoms with Gasteiger partial charge in [-0.05, 0) is 36.5 Å². The Morgan fingerprint density at radius 1 is 1.11 bits per heavy atom. The van der Waals surface area contributed by atoms with Gasteiger partial charge in [0.25, 0.3) is 0 Å². The van der Waals surface area contributed by atoms with Crippen LogP contribution >= 0.6 is 0 Å². The molecule has 2 amide bonds. The van der Waals surface area contributed by atoms with Crippen LogP contribution in [-0.2, 0) is 6.54 Å². The average Bonchev–Trinajstić information content (AvgIpc) is 2.70. The monoisotopic (exact) mass is 367 g/mol. The number of carbonyl (C=O) groups excluding carboxylic acids is 1. The van der Waals surface area contributed by atoms with E-state index in [1.54, 1.807) is 0 Å². The van der Waals surface area contributed by atoms with E-state index in [-0.39, 0.29) is 24.7 Å². The van der Waals surface area contributed by atoms with Crippen molar-refractivity contribution in [1.29, 1.82) is 0 Å². The topological polar surface area (TPSA) is 64.6 Å². The first kappa shape index (κ1) is 19.4. The lowest BCUT2D eigenvalue weighted by molar-refractivity contribution is 0.182. The number of amides is 2. The van der Waals surface area contributed by atoms with Gasteiger partial charge < -0.3 is 15.7 Å². The average molecular weight is 367 g/mol. The third kappa shape index (κ3) is 5.55. The Bertz CT molecular complexity index is 727. The minimum absolute atomic E-state index is 0.119. The maximum absolute atomic E-state index is 12.3. The van der Waals surface area contributed by atoms with Gasteiger partial charge in [0, 0.05) is 25.7 Å². The Hall–Kier alpha value is -2.37. The SMILES string of the molecule is Cc1ccccc1CN1CCC(NC(=O)NC(CO)c2ccccc2)CC1. The van der Waals surface area contributed by atoms with Crippen LogP contribution in [-0.4, -0.2) is 41.8 Å². The lowest BCUT2D eigenvalue weighted by Crippen LogP contribution is -2.48. The van der Waals surface area contributed by atoms with Crippen LogP contribution in [0.5, 0.6) is 0 Å². The molecule has 5 nitrogen and oxygen atoms in total. The van der Waals surface area contributed by atoms with Crippen molar-refractivity contribution in [2.24, 2.45) is 0 Å². The Morgan fingerprint density at radius 2 is 1.78 bits per heavy atom. The van der Waals surface area contributed by atoms with Gasteiger partial charge in [-0.25, -0.2) is 4.79 Å². The maximum Gasteiger partial charge on any atom is 0.315 e. The Balaban J connectivity index is 1.44. The van der Waals surface area contributed by atoms with Crippen LogP contribution < -0.4 is 10.6 Å². The molecule has 2 aromatic rings. The number of likely N-dealkylation sites (tertiary alicyclic amines) is 1. The second-order valence-electron chi connectivity index (χ2n) is 7.24. The zero-order valence-corrected chi connectivity index (χ0v) is 15.9. The van der Waals surface area contributed by atoms with E-state index in [2.05, 4.69) is 46.7 Å². The summed E-state index contributed by atoms with van der Waals surface area (Å²) in [5, 5.41) is 15.5. The molecular weight excluding hydrogens is 338 g/mol. The van der Waals surface area contributed by atoms with E-state index < -0.39 is 0 Å². The van der Waals surface area contributed by atoms with Crippen molar-refractivity contribution in [2.45, 2.75) is 38.4 Å². The molecule has 0 saturated carbocycles. The third-order valence-corrected chi connectivity index (χ3v) is 5.27. The Kier molecular flexibility index (Phi) is 6.85. The number of benzene rings is 2. The van der Waals surface area contributed by atoms with Gasteiger partial charge in [-0.2, -0.15) is 0 Å². The number of rotatable bonds is 6. The summed E-state index contributed by atoms with van der Waals surface area (Å²) in [7, 11) is 0. The molecule has 0 aliphatic carbocycles. The summed E-state index contributed by atoms with van der Waals surface area (Å²) in [5.74, 6) is 0. The molecule has 1 aliphatic rings. The number of urea groups is 1. The van der Waals surface area contributed by atoms with Crippen molar-refractivity contribution >= 4 is 6.03 Å². The van der Waals surface area contributed by atoms with E-state index in [0.717, 1.165) is 38.0 Å². The predicted octanol–water partition coefficient (Wildman–Crippen LogP) is 2.99. The summed E-state index contributed by atoms with van der Waals surface area (Å²) in [5.41, 5.74) is 3.60. The number of hydrogen-bond acceptors (Lipinski definition) is 3. The fourth-order valence-electron chi connectivity index (χ4n) is 3.57. The smallest absolute Gasteiger partial charge is 0.315 e. The molecule has 0 aromatic heterocycles. The van der Waals surface area contributed by atoms with Gasteiger partial charge >= 0.3 is 6.03 Å². The highest BCUT2D eigenvalue weighted by molar-refractivity contribution is 5.74. The molecule has 2 aromatic carbocycles. The van der Waals surface area contributed by atoms with Gasteiger partial charge in [0.1, 0.15) is 0 Å². The highest BCUT2D eigenvalue weighted by atomic mass is 16.3. The van der Waals surface area contributed by atoms with E-state index in [1.165, 1.54) is 11.1 Å². The summed E-state index contributed by atoms with van der Waals surface area (Å²) in [4.78, 5) is 14.8. The predicted molar refractivity (Wildman–Crippen MR) is 107 cm³/mol. The van der Waals surface area contributed by atoms with Crippen LogP contribution in [0.25, 0.3) is 0 Å². The quantitative estimate of drug-likeness (QED) is 0.735. The van der Waals surface area contributed by atoms with E-state index in [0.29, 0.717) is 0 Å². The van der Waals surface area contributed by atoms with E-state index in [1.807, 2.05) is 30.3 Å². The van der Waals surface area contributed by atoms with E-state index >= 15 is 0 Å². The lowest BCUT2D eigenvalue weighted by atomic mass is 10.0. The minimum atomic E-state index is -0.382. The molecule has 1 atom stereocenters. The van der Waals surface area contributed by atoms with Crippen molar-refractivity contribution in [3.05, 3.63) is 71.3 Å². The summed E-state index contributed by atoms with van der Waals surface area (Å²) in [6.07, 6.45) is 1.88. The minimum Gasteiger partial charge on any atom is -0.394 e. The lowest BCUT2D eigenvalue weighted by Gasteiger charge is -2.33. The van der Waals surface area contributed by atoms with Crippen LogP contribution in [0.2, 0.25) is 0 Å². The van der Waals surface area contributed by atoms with Crippen LogP contribution in [0.3, 0.4) is 0 Å². The second kappa shape index (κ2) is 9.53. The van der Waals surface area contributed by atoms with Crippen molar-refractivity contribution < 1.29 is 9.90 Å². The normalized spacial score (nSPS) is 16.7. The summed E-state index contributed by atoms with van der Waals surface area (Å²) in [6, 6.07) is 17.6. The van der Waals surface area contributed by atoms with Crippen molar-refractivity contribution in [3.63, 3.8) is 0 Å². The number of hydrogen-bond donors (Lipinski definition) is 3. The molecule has 0 spiro atoms. The standard InChI is InChI=1S/C22H29N3O2/c1-17-7-5-6-10-19(17)15-25-13-11-20(12-14-25)23-22(27)24-21(16-26)18-8-3-2-4-9-18/h2-10,20-21,26H,11-16H2,1H3,(H2,23,24,27). The van der Waals surface area contributed by atoms with Gasteiger partial charge in [0.05, 0.1) is 12.6 Å². The van der Waals surface area contributed by atoms with Gasteiger partial charge in [-0.3, -0.25) is 4.90 Å². The molecule has 3 rings (SSSR count). The largest absolute Gasteiger partial charge is 0.394 e. The number of nitrogens with one attached hydrogen (secondary N) is 2. The van der Waals surface area contributed by atoms with Crippen LogP contribution in [0.1, 0.15) is 35.6 Å². The Morgan fingerprint density at radius 3 is 2.44 bits per heavy atom. The first-order valence-electron chi connectivity index (χ1n) is 9.65.